The van der Waals surface area contributed by atoms with Gasteiger partial charge in [-0.15, -0.1) is 0 Å². The lowest BCUT2D eigenvalue weighted by atomic mass is 10.1. The maximum absolute atomic E-state index is 13.7. The van der Waals surface area contributed by atoms with E-state index in [-0.39, 0.29) is 0 Å². The first-order chi connectivity index (χ1) is 12.8. The molecule has 0 bridgehead atoms. The summed E-state index contributed by atoms with van der Waals surface area (Å²) < 4.78 is 50.7. The van der Waals surface area contributed by atoms with Gasteiger partial charge in [-0.25, -0.2) is 13.2 Å². The Bertz CT molecular complexity index is 830. The van der Waals surface area contributed by atoms with E-state index in [1.54, 1.807) is 20.0 Å². The Morgan fingerprint density at radius 1 is 1.11 bits per heavy atom. The Kier molecular flexibility index (Phi) is 6.68. The number of nitrogens with one attached hydrogen (secondary N) is 2. The van der Waals surface area contributed by atoms with Gasteiger partial charge >= 0.3 is 0 Å². The molecule has 146 valence electrons. The van der Waals surface area contributed by atoms with Crippen molar-refractivity contribution in [3.05, 3.63) is 53.3 Å². The molecule has 8 heteroatoms. The van der Waals surface area contributed by atoms with Crippen molar-refractivity contribution in [2.24, 2.45) is 0 Å². The molecule has 2 aromatic carbocycles. The van der Waals surface area contributed by atoms with E-state index in [0.717, 1.165) is 22.6 Å². The lowest BCUT2D eigenvalue weighted by molar-refractivity contribution is -0.907. The van der Waals surface area contributed by atoms with Gasteiger partial charge in [-0.05, 0) is 31.2 Å². The molecule has 1 unspecified atom stereocenters. The normalized spacial score (nSPS) is 13.0. The maximum Gasteiger partial charge on any atom is 0.282 e. The van der Waals surface area contributed by atoms with Crippen LogP contribution in [-0.2, 0) is 11.3 Å². The first-order valence-electron chi connectivity index (χ1n) is 8.26. The molecule has 0 saturated carbocycles. The molecule has 0 aliphatic rings. The third-order valence-electron chi connectivity index (χ3n) is 4.38. The van der Waals surface area contributed by atoms with Crippen LogP contribution in [-0.4, -0.2) is 33.2 Å². The van der Waals surface area contributed by atoms with Gasteiger partial charge < -0.3 is 19.7 Å². The van der Waals surface area contributed by atoms with Crippen LogP contribution < -0.4 is 19.7 Å². The largest absolute Gasteiger partial charge is 0.493 e. The molecule has 1 amide bonds. The molecule has 0 heterocycles. The number of halogens is 3. The summed E-state index contributed by atoms with van der Waals surface area (Å²) in [6.07, 6.45) is 0. The van der Waals surface area contributed by atoms with Crippen LogP contribution in [0.3, 0.4) is 0 Å². The molecule has 2 rings (SSSR count). The molecule has 0 spiro atoms. The highest BCUT2D eigenvalue weighted by molar-refractivity contribution is 5.93. The zero-order valence-corrected chi connectivity index (χ0v) is 15.5. The van der Waals surface area contributed by atoms with E-state index in [1.807, 2.05) is 12.1 Å². The average molecular weight is 383 g/mol. The van der Waals surface area contributed by atoms with Crippen molar-refractivity contribution in [2.75, 3.05) is 26.6 Å². The second-order valence-corrected chi connectivity index (χ2v) is 6.11. The maximum atomic E-state index is 13.7. The van der Waals surface area contributed by atoms with Crippen molar-refractivity contribution in [3.63, 3.8) is 0 Å². The molecular formula is C19H22F3N2O3+. The lowest BCUT2D eigenvalue weighted by Crippen LogP contribution is -3.12. The fourth-order valence-electron chi connectivity index (χ4n) is 2.63. The van der Waals surface area contributed by atoms with Crippen LogP contribution in [0.1, 0.15) is 12.5 Å². The summed E-state index contributed by atoms with van der Waals surface area (Å²) >= 11 is 0. The molecule has 2 N–H and O–H groups in total. The number of carbonyl (C=O) groups is 1. The highest BCUT2D eigenvalue weighted by Gasteiger charge is 2.25. The predicted octanol–water partition coefficient (Wildman–Crippen LogP) is 2.16. The van der Waals surface area contributed by atoms with Crippen molar-refractivity contribution in [1.82, 2.24) is 0 Å². The lowest BCUT2D eigenvalue weighted by Gasteiger charge is -2.22. The van der Waals surface area contributed by atoms with Gasteiger partial charge in [0.15, 0.2) is 35.0 Å². The van der Waals surface area contributed by atoms with Crippen LogP contribution in [0.5, 0.6) is 11.5 Å². The van der Waals surface area contributed by atoms with Gasteiger partial charge in [0, 0.05) is 0 Å². The third kappa shape index (κ3) is 4.51. The first kappa shape index (κ1) is 20.6. The molecule has 0 fully saturated rings. The SMILES string of the molecule is COc1cccc(C[NH+](C)[C@@H](C)C(=O)Nc2ccc(F)c(F)c2F)c1OC. The third-order valence-corrected chi connectivity index (χ3v) is 4.38. The number of methoxy groups -OCH3 is 2. The van der Waals surface area contributed by atoms with Crippen LogP contribution in [0.2, 0.25) is 0 Å². The molecule has 2 atom stereocenters. The Labute approximate surface area is 155 Å². The monoisotopic (exact) mass is 383 g/mol. The molecular weight excluding hydrogens is 361 g/mol. The van der Waals surface area contributed by atoms with Gasteiger partial charge in [0.1, 0.15) is 6.54 Å². The fourth-order valence-corrected chi connectivity index (χ4v) is 2.63. The number of ether oxygens (including phenoxy) is 2. The number of amides is 1. The molecule has 0 radical (unpaired) electrons. The average Bonchev–Trinajstić information content (AvgIpc) is 2.67. The Hall–Kier alpha value is -2.74. The topological polar surface area (TPSA) is 52.0 Å². The minimum atomic E-state index is -1.62. The van der Waals surface area contributed by atoms with Crippen molar-refractivity contribution < 1.29 is 32.3 Å². The number of carbonyl (C=O) groups excluding carboxylic acids is 1. The summed E-state index contributed by atoms with van der Waals surface area (Å²) in [4.78, 5) is 13.2. The number of para-hydroxylation sites is 1. The number of rotatable bonds is 7. The van der Waals surface area contributed by atoms with Gasteiger partial charge in [0.05, 0.1) is 32.5 Å². The van der Waals surface area contributed by atoms with E-state index in [4.69, 9.17) is 9.47 Å². The minimum absolute atomic E-state index is 0.405. The van der Waals surface area contributed by atoms with Gasteiger partial charge in [-0.2, -0.15) is 0 Å². The van der Waals surface area contributed by atoms with Crippen molar-refractivity contribution in [3.8, 4) is 11.5 Å². The van der Waals surface area contributed by atoms with Crippen molar-refractivity contribution in [1.29, 1.82) is 0 Å². The van der Waals surface area contributed by atoms with E-state index in [1.165, 1.54) is 14.2 Å². The van der Waals surface area contributed by atoms with Crippen LogP contribution in [0, 0.1) is 17.5 Å². The molecule has 0 saturated heterocycles. The summed E-state index contributed by atoms with van der Waals surface area (Å²) in [6, 6.07) is 6.57. The fraction of sp³-hybridized carbons (Fsp3) is 0.316. The number of anilines is 1. The molecule has 2 aromatic rings. The molecule has 0 aromatic heterocycles. The quantitative estimate of drug-likeness (QED) is 0.721. The summed E-state index contributed by atoms with van der Waals surface area (Å²) in [5.74, 6) is -3.75. The Balaban J connectivity index is 2.12. The second kappa shape index (κ2) is 8.77. The standard InChI is InChI=1S/C19H21F3N2O3/c1-11(19(25)23-14-9-8-13(20)16(21)17(14)22)24(2)10-12-6-5-7-15(26-3)18(12)27-4/h5-9,11H,10H2,1-4H3,(H,23,25)/p+1/t11-/m0/s1. The van der Waals surface area contributed by atoms with Crippen molar-refractivity contribution in [2.45, 2.75) is 19.5 Å². The number of quaternary nitrogens is 1. The van der Waals surface area contributed by atoms with E-state index >= 15 is 0 Å². The van der Waals surface area contributed by atoms with E-state index < -0.39 is 35.1 Å². The predicted molar refractivity (Wildman–Crippen MR) is 94.5 cm³/mol. The highest BCUT2D eigenvalue weighted by atomic mass is 19.2. The summed E-state index contributed by atoms with van der Waals surface area (Å²) in [5.41, 5.74) is 0.422. The van der Waals surface area contributed by atoms with Gasteiger partial charge in [-0.3, -0.25) is 4.79 Å². The number of benzene rings is 2. The molecule has 0 aliphatic carbocycles. The molecule has 27 heavy (non-hydrogen) atoms. The summed E-state index contributed by atoms with van der Waals surface area (Å²) in [6.45, 7) is 2.07. The minimum Gasteiger partial charge on any atom is -0.493 e. The van der Waals surface area contributed by atoms with Crippen LogP contribution in [0.15, 0.2) is 30.3 Å². The summed E-state index contributed by atoms with van der Waals surface area (Å²) in [7, 11) is 4.84. The highest BCUT2D eigenvalue weighted by Crippen LogP contribution is 2.30. The van der Waals surface area contributed by atoms with E-state index in [9.17, 15) is 18.0 Å². The zero-order chi connectivity index (χ0) is 20.1. The number of hydrogen-bond acceptors (Lipinski definition) is 3. The second-order valence-electron chi connectivity index (χ2n) is 6.11. The van der Waals surface area contributed by atoms with Crippen LogP contribution in [0.25, 0.3) is 0 Å². The number of likely N-dealkylation sites (N-methyl/N-ethyl adjacent to an activating group) is 1. The van der Waals surface area contributed by atoms with E-state index in [0.29, 0.717) is 18.0 Å². The van der Waals surface area contributed by atoms with Crippen molar-refractivity contribution >= 4 is 11.6 Å². The first-order valence-corrected chi connectivity index (χ1v) is 8.26. The smallest absolute Gasteiger partial charge is 0.282 e. The van der Waals surface area contributed by atoms with Gasteiger partial charge in [0.25, 0.3) is 5.91 Å². The zero-order valence-electron chi connectivity index (χ0n) is 15.5. The van der Waals surface area contributed by atoms with Gasteiger partial charge in [-0.1, -0.05) is 6.07 Å². The Morgan fingerprint density at radius 2 is 1.81 bits per heavy atom. The summed E-state index contributed by atoms with van der Waals surface area (Å²) in [5, 5.41) is 2.30. The molecule has 5 nitrogen and oxygen atoms in total. The van der Waals surface area contributed by atoms with Gasteiger partial charge in [0.2, 0.25) is 0 Å². The number of hydrogen-bond donors (Lipinski definition) is 2. The Morgan fingerprint density at radius 3 is 2.44 bits per heavy atom. The van der Waals surface area contributed by atoms with Crippen LogP contribution >= 0.6 is 0 Å². The van der Waals surface area contributed by atoms with E-state index in [2.05, 4.69) is 5.32 Å². The molecule has 0 aliphatic heterocycles. The van der Waals surface area contributed by atoms with Crippen LogP contribution in [0.4, 0.5) is 18.9 Å².